The van der Waals surface area contributed by atoms with Crippen LogP contribution in [0.15, 0.2) is 34.9 Å². The number of hydrogen-bond acceptors (Lipinski definition) is 20. The molecule has 24 nitrogen and oxygen atoms in total. The summed E-state index contributed by atoms with van der Waals surface area (Å²) in [6.45, 7) is 6.44. The predicted molar refractivity (Wildman–Crippen MR) is 212 cm³/mol. The summed E-state index contributed by atoms with van der Waals surface area (Å²) in [7, 11) is -5.49. The number of allylic oxidation sites excluding steroid dienone is 5. The van der Waals surface area contributed by atoms with Crippen LogP contribution in [0.5, 0.6) is 0 Å². The van der Waals surface area contributed by atoms with E-state index in [4.69, 9.17) is 53.7 Å². The lowest BCUT2D eigenvalue weighted by Crippen LogP contribution is -2.65. The average Bonchev–Trinajstić information content (AvgIpc) is 3.20. The lowest BCUT2D eigenvalue weighted by atomic mass is 9.92. The Labute approximate surface area is 363 Å². The molecule has 63 heavy (non-hydrogen) atoms. The number of carbonyl (C=O) groups is 3. The van der Waals surface area contributed by atoms with Crippen LogP contribution in [-0.2, 0) is 56.4 Å². The number of primary amides is 2. The fraction of sp³-hybridized carbons (Fsp3) is 0.763. The summed E-state index contributed by atoms with van der Waals surface area (Å²) in [5.41, 5.74) is 13.9. The maximum atomic E-state index is 13.3. The molecule has 0 aromatic rings. The van der Waals surface area contributed by atoms with Crippen molar-refractivity contribution in [3.05, 3.63) is 34.9 Å². The fourth-order valence-corrected chi connectivity index (χ4v) is 7.45. The first-order valence-electron chi connectivity index (χ1n) is 20.1. The van der Waals surface area contributed by atoms with Crippen molar-refractivity contribution in [2.24, 2.45) is 17.4 Å². The Bertz CT molecular complexity index is 1640. The quantitative estimate of drug-likeness (QED) is 0.0403. The number of carboxylic acids is 1. The third-order valence-electron chi connectivity index (χ3n) is 10.4. The number of aliphatic hydroxyl groups is 7. The van der Waals surface area contributed by atoms with Crippen LogP contribution in [0.4, 0.5) is 4.79 Å². The van der Waals surface area contributed by atoms with Crippen LogP contribution in [-0.4, -0.2) is 182 Å². The Balaban J connectivity index is 1.76. The Morgan fingerprint density at radius 2 is 1.37 bits per heavy atom. The third kappa shape index (κ3) is 16.1. The van der Waals surface area contributed by atoms with Crippen molar-refractivity contribution in [3.8, 4) is 0 Å². The molecule has 3 rings (SSSR count). The standard InChI is InChI=1S/C38H63N2O22P/c1-17(2)8-6-9-18(3)10-7-11-19(4)12-13-54-23(34(49)50)16-56-63(52,53)62-37-32(30(61-38(40)51)29(47)31(59-37)33(39)48)60-35-20(5)24(42)26(44)22(58-35)15-55-36-28(46)27(45)25(43)21(14-41)57-36/h8,10,12,20-32,35-37,41-47H,6-7,9,11,13-16H2,1-5H3,(H2,39,48)(H2,40,51)(H,49,50)(H,52,53)/b18-10+,19-12-/t20?,21?,22?,23-,24+,25-,26-,27-,28?,29+,30-,31?,32?,35-,36+,37-/m0/s1. The first-order valence-corrected chi connectivity index (χ1v) is 21.6. The summed E-state index contributed by atoms with van der Waals surface area (Å²) in [5, 5.41) is 82.5. The van der Waals surface area contributed by atoms with Gasteiger partial charge in [0.15, 0.2) is 43.3 Å². The number of aliphatic carboxylic acids is 1. The molecule has 25 heteroatoms. The van der Waals surface area contributed by atoms with E-state index in [1.54, 1.807) is 6.08 Å². The molecule has 0 aromatic carbocycles. The van der Waals surface area contributed by atoms with Crippen LogP contribution in [0, 0.1) is 5.92 Å². The van der Waals surface area contributed by atoms with E-state index >= 15 is 0 Å². The summed E-state index contributed by atoms with van der Waals surface area (Å²) >= 11 is 0. The van der Waals surface area contributed by atoms with Crippen molar-refractivity contribution in [3.63, 3.8) is 0 Å². The van der Waals surface area contributed by atoms with E-state index in [9.17, 15) is 64.7 Å². The minimum absolute atomic E-state index is 0.216. The maximum absolute atomic E-state index is 13.3. The molecule has 3 fully saturated rings. The van der Waals surface area contributed by atoms with Crippen LogP contribution >= 0.6 is 7.82 Å². The minimum Gasteiger partial charge on any atom is -0.479 e. The third-order valence-corrected chi connectivity index (χ3v) is 11.3. The topological polar surface area (TPSA) is 385 Å². The van der Waals surface area contributed by atoms with Gasteiger partial charge < -0.3 is 90.4 Å². The molecule has 3 aliphatic rings. The molecule has 0 radical (unpaired) electrons. The Kier molecular flexibility index (Phi) is 21.6. The van der Waals surface area contributed by atoms with Crippen LogP contribution in [0.25, 0.3) is 0 Å². The molecule has 3 aliphatic heterocycles. The molecule has 3 saturated heterocycles. The smallest absolute Gasteiger partial charge is 0.474 e. The van der Waals surface area contributed by atoms with Gasteiger partial charge in [-0.25, -0.2) is 14.2 Å². The van der Waals surface area contributed by atoms with Crippen molar-refractivity contribution in [1.82, 2.24) is 0 Å². The molecule has 0 aromatic heterocycles. The monoisotopic (exact) mass is 930 g/mol. The summed E-state index contributed by atoms with van der Waals surface area (Å²) in [4.78, 5) is 47.1. The molecule has 362 valence electrons. The molecule has 0 spiro atoms. The number of aliphatic hydroxyl groups excluding tert-OH is 7. The summed E-state index contributed by atoms with van der Waals surface area (Å²) < 4.78 is 61.6. The van der Waals surface area contributed by atoms with Gasteiger partial charge >= 0.3 is 19.9 Å². The Morgan fingerprint density at radius 1 is 0.762 bits per heavy atom. The van der Waals surface area contributed by atoms with Gasteiger partial charge in [0.1, 0.15) is 42.7 Å². The van der Waals surface area contributed by atoms with Crippen LogP contribution in [0.1, 0.15) is 60.3 Å². The van der Waals surface area contributed by atoms with E-state index in [2.05, 4.69) is 12.2 Å². The highest BCUT2D eigenvalue weighted by Gasteiger charge is 2.55. The largest absolute Gasteiger partial charge is 0.479 e. The van der Waals surface area contributed by atoms with E-state index in [1.165, 1.54) is 18.1 Å². The Morgan fingerprint density at radius 3 is 1.95 bits per heavy atom. The first-order chi connectivity index (χ1) is 29.5. The highest BCUT2D eigenvalue weighted by atomic mass is 31.2. The number of ether oxygens (including phenoxy) is 7. The molecule has 3 heterocycles. The molecule has 0 bridgehead atoms. The van der Waals surface area contributed by atoms with Crippen molar-refractivity contribution in [2.45, 2.75) is 152 Å². The molecule has 0 saturated carbocycles. The summed E-state index contributed by atoms with van der Waals surface area (Å²) in [6, 6.07) is 0. The van der Waals surface area contributed by atoms with E-state index in [1.807, 2.05) is 27.7 Å². The van der Waals surface area contributed by atoms with E-state index < -0.39 is 144 Å². The van der Waals surface area contributed by atoms with Gasteiger partial charge in [-0.3, -0.25) is 13.8 Å². The Hall–Kier alpha value is -2.98. The van der Waals surface area contributed by atoms with Crippen molar-refractivity contribution >= 4 is 25.8 Å². The second-order valence-electron chi connectivity index (χ2n) is 15.7. The molecular formula is C38H63N2O22P. The molecule has 13 N–H and O–H groups in total. The van der Waals surface area contributed by atoms with Crippen LogP contribution in [0.2, 0.25) is 0 Å². The second-order valence-corrected chi connectivity index (χ2v) is 17.1. The van der Waals surface area contributed by atoms with Crippen molar-refractivity contribution in [1.29, 1.82) is 0 Å². The zero-order valence-electron chi connectivity index (χ0n) is 35.6. The van der Waals surface area contributed by atoms with E-state index in [0.29, 0.717) is 6.42 Å². The fourth-order valence-electron chi connectivity index (χ4n) is 6.63. The number of nitrogens with two attached hydrogens (primary N) is 2. The number of phosphoric ester groups is 1. The number of carboxylic acid groups (broad SMARTS) is 1. The summed E-state index contributed by atoms with van der Waals surface area (Å²) in [5.74, 6) is -4.20. The number of hydrogen-bond donors (Lipinski definition) is 11. The van der Waals surface area contributed by atoms with Gasteiger partial charge in [-0.05, 0) is 53.4 Å². The van der Waals surface area contributed by atoms with Crippen LogP contribution < -0.4 is 11.5 Å². The second kappa shape index (κ2) is 25.1. The van der Waals surface area contributed by atoms with Crippen molar-refractivity contribution in [2.75, 3.05) is 26.4 Å². The molecule has 17 atom stereocenters. The SMILES string of the molecule is CC(C)=CCC/C(C)=C/CC/C(C)=C\CO[C@@H](COP(=O)(O)O[C@@H]1OC(C(N)=O)[C@H](O)[C@H](OC(N)=O)C1O[C@@H]1OC(CO[C@@H]2OC(CO)[C@H](O)[C@H](O)C2O)[C@H](O)[C@H](O)C1C)C(=O)O. The average molecular weight is 931 g/mol. The van der Waals surface area contributed by atoms with E-state index in [0.717, 1.165) is 24.8 Å². The number of carbonyl (C=O) groups excluding carboxylic acids is 2. The predicted octanol–water partition coefficient (Wildman–Crippen LogP) is -1.67. The normalized spacial score (nSPS) is 35.6. The maximum Gasteiger partial charge on any atom is 0.474 e. The highest BCUT2D eigenvalue weighted by Crippen LogP contribution is 2.48. The minimum atomic E-state index is -5.49. The number of amides is 2. The molecule has 0 aliphatic carbocycles. The molecular weight excluding hydrogens is 867 g/mol. The number of rotatable bonds is 23. The highest BCUT2D eigenvalue weighted by molar-refractivity contribution is 7.47. The number of phosphoric acid groups is 1. The van der Waals surface area contributed by atoms with Gasteiger partial charge in [0, 0.05) is 5.92 Å². The van der Waals surface area contributed by atoms with Crippen LogP contribution in [0.3, 0.4) is 0 Å². The van der Waals surface area contributed by atoms with Crippen molar-refractivity contribution < 1.29 is 107 Å². The van der Waals surface area contributed by atoms with Gasteiger partial charge in [0.25, 0.3) is 0 Å². The van der Waals surface area contributed by atoms with E-state index in [-0.39, 0.29) is 6.61 Å². The summed E-state index contributed by atoms with van der Waals surface area (Å²) in [6.07, 6.45) is -20.3. The van der Waals surface area contributed by atoms with Gasteiger partial charge in [-0.15, -0.1) is 0 Å². The van der Waals surface area contributed by atoms with Gasteiger partial charge in [-0.2, -0.15) is 0 Å². The lowest BCUT2D eigenvalue weighted by molar-refractivity contribution is -0.354. The zero-order chi connectivity index (χ0) is 47.3. The first kappa shape index (κ1) is 54.4. The molecule has 7 unspecified atom stereocenters. The zero-order valence-corrected chi connectivity index (χ0v) is 36.5. The van der Waals surface area contributed by atoms with Gasteiger partial charge in [0.05, 0.1) is 32.5 Å². The lowest BCUT2D eigenvalue weighted by Gasteiger charge is -2.47. The van der Waals surface area contributed by atoms with Gasteiger partial charge in [0.2, 0.25) is 5.91 Å². The van der Waals surface area contributed by atoms with Gasteiger partial charge in [-0.1, -0.05) is 41.9 Å². The molecule has 2 amide bonds.